The maximum absolute atomic E-state index is 8.64. The van der Waals surface area contributed by atoms with Gasteiger partial charge in [-0.3, -0.25) is 0 Å². The van der Waals surface area contributed by atoms with Gasteiger partial charge in [0, 0.05) is 28.3 Å². The van der Waals surface area contributed by atoms with Crippen LogP contribution in [-0.2, 0) is 21.7 Å². The number of rotatable bonds is 3. The molecule has 0 aliphatic heterocycles. The summed E-state index contributed by atoms with van der Waals surface area (Å²) in [6.07, 6.45) is 0.523. The smallest absolute Gasteiger partial charge is 0.0562 e. The van der Waals surface area contributed by atoms with Gasteiger partial charge in [0.05, 0.1) is 6.10 Å². The zero-order valence-electron chi connectivity index (χ0n) is 4.80. The zero-order chi connectivity index (χ0) is 5.70. The van der Waals surface area contributed by atoms with E-state index in [1.807, 2.05) is 0 Å². The van der Waals surface area contributed by atoms with Crippen molar-refractivity contribution in [2.24, 2.45) is 0 Å². The van der Waals surface area contributed by atoms with Crippen LogP contribution < -0.4 is 0 Å². The van der Waals surface area contributed by atoms with Crippen molar-refractivity contribution in [3.05, 3.63) is 6.92 Å². The minimum atomic E-state index is -0.412. The minimum Gasteiger partial charge on any atom is -0.396 e. The average molecular weight is 151 g/mol. The van der Waals surface area contributed by atoms with Gasteiger partial charge in [-0.2, -0.15) is 0 Å². The molecule has 2 N–H and O–H groups in total. The fourth-order valence-corrected chi connectivity index (χ4v) is 0.293. The summed E-state index contributed by atoms with van der Waals surface area (Å²) in [6, 6.07) is 0. The van der Waals surface area contributed by atoms with Gasteiger partial charge in [-0.15, -0.1) is 0 Å². The molecule has 8 heavy (non-hydrogen) atoms. The summed E-state index contributed by atoms with van der Waals surface area (Å²) in [5.74, 6) is 0. The third kappa shape index (κ3) is 6.63. The Kier molecular flexibility index (Phi) is 10.9. The second kappa shape index (κ2) is 7.63. The van der Waals surface area contributed by atoms with Crippen molar-refractivity contribution in [3.63, 3.8) is 0 Å². The molecule has 47 valence electrons. The van der Waals surface area contributed by atoms with Gasteiger partial charge in [0.1, 0.15) is 0 Å². The maximum atomic E-state index is 8.64. The largest absolute Gasteiger partial charge is 0.396 e. The van der Waals surface area contributed by atoms with Crippen molar-refractivity contribution in [2.45, 2.75) is 18.9 Å². The first-order chi connectivity index (χ1) is 3.31. The molecular formula is C5H11O2Ti. The van der Waals surface area contributed by atoms with Crippen LogP contribution >= 0.6 is 0 Å². The second-order valence-electron chi connectivity index (χ2n) is 1.45. The first-order valence-electron chi connectivity index (χ1n) is 2.39. The minimum absolute atomic E-state index is 0. The zero-order valence-corrected chi connectivity index (χ0v) is 6.36. The molecule has 0 amide bonds. The van der Waals surface area contributed by atoms with Crippen molar-refractivity contribution < 1.29 is 31.9 Å². The molecule has 2 nitrogen and oxygen atoms in total. The molecule has 3 heteroatoms. The van der Waals surface area contributed by atoms with Crippen LogP contribution in [0.5, 0.6) is 0 Å². The standard InChI is InChI=1S/C5H11O2.Ti/c1-2-5(7)3-4-6;/h5-7H,1-4H2;. The molecule has 0 aliphatic carbocycles. The summed E-state index contributed by atoms with van der Waals surface area (Å²) in [5.41, 5.74) is 0. The predicted molar refractivity (Wildman–Crippen MR) is 27.7 cm³/mol. The van der Waals surface area contributed by atoms with Gasteiger partial charge < -0.3 is 10.2 Å². The van der Waals surface area contributed by atoms with Crippen molar-refractivity contribution in [1.82, 2.24) is 0 Å². The SMILES string of the molecule is [CH2]CC(O)CCO.[Ti]. The number of aliphatic hydroxyl groups excluding tert-OH is 2. The first kappa shape index (κ1) is 11.4. The Morgan fingerprint density at radius 2 is 2.00 bits per heavy atom. The molecule has 1 radical (unpaired) electrons. The molecule has 1 atom stereocenters. The van der Waals surface area contributed by atoms with Crippen molar-refractivity contribution in [3.8, 4) is 0 Å². The van der Waals surface area contributed by atoms with Crippen LogP contribution in [0.25, 0.3) is 0 Å². The van der Waals surface area contributed by atoms with Crippen LogP contribution in [0.4, 0.5) is 0 Å². The Labute approximate surface area is 64.8 Å². The fraction of sp³-hybridized carbons (Fsp3) is 0.800. The third-order valence-electron chi connectivity index (χ3n) is 0.796. The van der Waals surface area contributed by atoms with Gasteiger partial charge in [0.25, 0.3) is 0 Å². The average Bonchev–Trinajstić information content (AvgIpc) is 1.68. The molecule has 0 bridgehead atoms. The first-order valence-corrected chi connectivity index (χ1v) is 2.39. The van der Waals surface area contributed by atoms with E-state index in [9.17, 15) is 0 Å². The van der Waals surface area contributed by atoms with E-state index >= 15 is 0 Å². The Bertz CT molecular complexity index is 41.4. The Morgan fingerprint density at radius 1 is 1.50 bits per heavy atom. The van der Waals surface area contributed by atoms with Crippen molar-refractivity contribution >= 4 is 0 Å². The van der Waals surface area contributed by atoms with Gasteiger partial charge >= 0.3 is 0 Å². The van der Waals surface area contributed by atoms with E-state index in [1.54, 1.807) is 0 Å². The molecular weight excluding hydrogens is 140 g/mol. The number of aliphatic hydroxyl groups is 2. The fourth-order valence-electron chi connectivity index (χ4n) is 0.293. The van der Waals surface area contributed by atoms with Crippen LogP contribution in [0.2, 0.25) is 0 Å². The molecule has 0 saturated heterocycles. The topological polar surface area (TPSA) is 40.5 Å². The van der Waals surface area contributed by atoms with Gasteiger partial charge in [-0.25, -0.2) is 0 Å². The summed E-state index contributed by atoms with van der Waals surface area (Å²) >= 11 is 0. The quantitative estimate of drug-likeness (QED) is 0.555. The van der Waals surface area contributed by atoms with Crippen molar-refractivity contribution in [1.29, 1.82) is 0 Å². The van der Waals surface area contributed by atoms with Crippen LogP contribution in [-0.4, -0.2) is 22.9 Å². The van der Waals surface area contributed by atoms with Gasteiger partial charge in [0.2, 0.25) is 0 Å². The third-order valence-corrected chi connectivity index (χ3v) is 0.796. The molecule has 0 fully saturated rings. The van der Waals surface area contributed by atoms with E-state index in [0.29, 0.717) is 12.8 Å². The summed E-state index contributed by atoms with van der Waals surface area (Å²) in [6.45, 7) is 3.50. The molecule has 0 saturated carbocycles. The maximum Gasteiger partial charge on any atom is 0.0562 e. The Morgan fingerprint density at radius 3 is 2.12 bits per heavy atom. The molecule has 0 aromatic rings. The molecule has 0 aliphatic rings. The summed E-state index contributed by atoms with van der Waals surface area (Å²) in [7, 11) is 0. The summed E-state index contributed by atoms with van der Waals surface area (Å²) < 4.78 is 0. The number of hydrogen-bond acceptors (Lipinski definition) is 2. The van der Waals surface area contributed by atoms with E-state index in [4.69, 9.17) is 10.2 Å². The van der Waals surface area contributed by atoms with Gasteiger partial charge in [-0.1, -0.05) is 6.92 Å². The van der Waals surface area contributed by atoms with E-state index in [1.165, 1.54) is 0 Å². The van der Waals surface area contributed by atoms with Gasteiger partial charge in [-0.05, 0) is 12.8 Å². The number of hydrogen-bond donors (Lipinski definition) is 2. The molecule has 0 heterocycles. The van der Waals surface area contributed by atoms with Crippen LogP contribution in [0.3, 0.4) is 0 Å². The monoisotopic (exact) mass is 151 g/mol. The van der Waals surface area contributed by atoms with E-state index in [0.717, 1.165) is 0 Å². The molecule has 0 spiro atoms. The van der Waals surface area contributed by atoms with Crippen LogP contribution in [0.1, 0.15) is 12.8 Å². The van der Waals surface area contributed by atoms with E-state index < -0.39 is 6.10 Å². The predicted octanol–water partition coefficient (Wildman–Crippen LogP) is -0.0486. The van der Waals surface area contributed by atoms with Crippen molar-refractivity contribution in [2.75, 3.05) is 6.61 Å². The molecule has 1 unspecified atom stereocenters. The van der Waals surface area contributed by atoms with Crippen LogP contribution in [0, 0.1) is 6.92 Å². The molecule has 0 aromatic carbocycles. The normalized spacial score (nSPS) is 12.4. The second-order valence-corrected chi connectivity index (χ2v) is 1.45. The van der Waals surface area contributed by atoms with E-state index in [2.05, 4.69) is 6.92 Å². The molecule has 0 rings (SSSR count). The Balaban J connectivity index is 0. The Hall–Kier alpha value is 0.634. The summed E-state index contributed by atoms with van der Waals surface area (Å²) in [5, 5.41) is 16.8. The van der Waals surface area contributed by atoms with Crippen LogP contribution in [0.15, 0.2) is 0 Å². The van der Waals surface area contributed by atoms with E-state index in [-0.39, 0.29) is 28.3 Å². The molecule has 0 aromatic heterocycles. The summed E-state index contributed by atoms with van der Waals surface area (Å²) in [4.78, 5) is 0. The van der Waals surface area contributed by atoms with Gasteiger partial charge in [0.15, 0.2) is 0 Å².